The number of aryl methyl sites for hydroxylation is 1. The van der Waals surface area contributed by atoms with Crippen molar-refractivity contribution in [2.24, 2.45) is 5.10 Å². The monoisotopic (exact) mass is 592 g/mol. The quantitative estimate of drug-likeness (QED) is 0.178. The van der Waals surface area contributed by atoms with E-state index in [1.165, 1.54) is 28.9 Å². The number of carbonyl (C=O) groups excluding carboxylic acids is 1. The van der Waals surface area contributed by atoms with Crippen molar-refractivity contribution >= 4 is 28.7 Å². The van der Waals surface area contributed by atoms with Gasteiger partial charge in [0, 0.05) is 11.3 Å². The molecule has 0 spiro atoms. The van der Waals surface area contributed by atoms with Gasteiger partial charge in [-0.15, -0.1) is 0 Å². The SMILES string of the molecule is CCOc1cc(C)c(-c2nc3ccccc3c(=O)n2N=Cc2ccc(OCC(=O)Nc3ccc(F)cc3)cc2)cc1C(C)C. The normalized spacial score (nSPS) is 11.3. The van der Waals surface area contributed by atoms with Crippen molar-refractivity contribution in [3.8, 4) is 22.9 Å². The summed E-state index contributed by atoms with van der Waals surface area (Å²) in [6.45, 7) is 8.45. The van der Waals surface area contributed by atoms with Crippen LogP contribution in [0.15, 0.2) is 94.8 Å². The minimum atomic E-state index is -0.382. The van der Waals surface area contributed by atoms with Gasteiger partial charge in [-0.3, -0.25) is 9.59 Å². The molecular formula is C35H33FN4O4. The van der Waals surface area contributed by atoms with Crippen molar-refractivity contribution in [2.75, 3.05) is 18.5 Å². The molecule has 5 rings (SSSR count). The van der Waals surface area contributed by atoms with E-state index in [0.717, 1.165) is 22.4 Å². The van der Waals surface area contributed by atoms with E-state index < -0.39 is 0 Å². The molecule has 5 aromatic rings. The smallest absolute Gasteiger partial charge is 0.282 e. The molecular weight excluding hydrogens is 559 g/mol. The van der Waals surface area contributed by atoms with Gasteiger partial charge >= 0.3 is 0 Å². The van der Waals surface area contributed by atoms with Crippen LogP contribution in [-0.2, 0) is 4.79 Å². The predicted octanol–water partition coefficient (Wildman–Crippen LogP) is 6.93. The first-order valence-corrected chi connectivity index (χ1v) is 14.4. The minimum Gasteiger partial charge on any atom is -0.494 e. The minimum absolute atomic E-state index is 0.190. The van der Waals surface area contributed by atoms with Crippen LogP contribution in [0.3, 0.4) is 0 Å². The molecule has 0 aliphatic carbocycles. The molecule has 0 aliphatic rings. The molecule has 1 N–H and O–H groups in total. The van der Waals surface area contributed by atoms with E-state index in [-0.39, 0.29) is 29.8 Å². The number of fused-ring (bicyclic) bond motifs is 1. The van der Waals surface area contributed by atoms with Crippen molar-refractivity contribution in [3.05, 3.63) is 118 Å². The summed E-state index contributed by atoms with van der Waals surface area (Å²) in [7, 11) is 0. The Labute approximate surface area is 254 Å². The van der Waals surface area contributed by atoms with Gasteiger partial charge in [0.05, 0.1) is 23.7 Å². The summed E-state index contributed by atoms with van der Waals surface area (Å²) in [5.74, 6) is 1.16. The molecule has 0 bridgehead atoms. The van der Waals surface area contributed by atoms with Gasteiger partial charge in [-0.25, -0.2) is 9.37 Å². The number of para-hydroxylation sites is 1. The number of hydrogen-bond acceptors (Lipinski definition) is 6. The third-order valence-corrected chi connectivity index (χ3v) is 6.97. The molecule has 0 unspecified atom stereocenters. The molecule has 9 heteroatoms. The number of nitrogens with zero attached hydrogens (tertiary/aromatic N) is 3. The van der Waals surface area contributed by atoms with Gasteiger partial charge in [0.2, 0.25) is 0 Å². The lowest BCUT2D eigenvalue weighted by molar-refractivity contribution is -0.118. The number of ether oxygens (including phenoxy) is 2. The molecule has 0 atom stereocenters. The van der Waals surface area contributed by atoms with Crippen molar-refractivity contribution in [1.82, 2.24) is 9.66 Å². The summed E-state index contributed by atoms with van der Waals surface area (Å²) < 4.78 is 25.9. The van der Waals surface area contributed by atoms with Crippen LogP contribution < -0.4 is 20.3 Å². The summed E-state index contributed by atoms with van der Waals surface area (Å²) in [5, 5.41) is 7.70. The first-order chi connectivity index (χ1) is 21.2. The molecule has 4 aromatic carbocycles. The number of benzene rings is 4. The molecule has 1 heterocycles. The third-order valence-electron chi connectivity index (χ3n) is 6.97. The zero-order valence-corrected chi connectivity index (χ0v) is 25.0. The lowest BCUT2D eigenvalue weighted by atomic mass is 9.96. The summed E-state index contributed by atoms with van der Waals surface area (Å²) >= 11 is 0. The van der Waals surface area contributed by atoms with Gasteiger partial charge in [-0.05, 0) is 109 Å². The highest BCUT2D eigenvalue weighted by Gasteiger charge is 2.18. The molecule has 1 aromatic heterocycles. The van der Waals surface area contributed by atoms with Crippen molar-refractivity contribution in [1.29, 1.82) is 0 Å². The first-order valence-electron chi connectivity index (χ1n) is 14.4. The zero-order chi connectivity index (χ0) is 31.2. The highest BCUT2D eigenvalue weighted by molar-refractivity contribution is 5.91. The van der Waals surface area contributed by atoms with E-state index in [1.54, 1.807) is 42.6 Å². The molecule has 0 saturated heterocycles. The Hall–Kier alpha value is -5.31. The van der Waals surface area contributed by atoms with Crippen LogP contribution in [-0.4, -0.2) is 35.0 Å². The summed E-state index contributed by atoms with van der Waals surface area (Å²) in [6.07, 6.45) is 1.58. The van der Waals surface area contributed by atoms with Crippen LogP contribution in [0.1, 0.15) is 43.4 Å². The number of carbonyl (C=O) groups is 1. The molecule has 8 nitrogen and oxygen atoms in total. The molecule has 0 radical (unpaired) electrons. The fourth-order valence-electron chi connectivity index (χ4n) is 4.73. The number of hydrogen-bond donors (Lipinski definition) is 1. The Morgan fingerprint density at radius 1 is 1.02 bits per heavy atom. The van der Waals surface area contributed by atoms with E-state index in [1.807, 2.05) is 38.1 Å². The van der Waals surface area contributed by atoms with Crippen molar-refractivity contribution in [3.63, 3.8) is 0 Å². The second kappa shape index (κ2) is 13.3. The van der Waals surface area contributed by atoms with Gasteiger partial charge in [0.15, 0.2) is 12.4 Å². The number of nitrogens with one attached hydrogen (secondary N) is 1. The van der Waals surface area contributed by atoms with Crippen LogP contribution in [0.5, 0.6) is 11.5 Å². The molecule has 1 amide bonds. The highest BCUT2D eigenvalue weighted by atomic mass is 19.1. The second-order valence-corrected chi connectivity index (χ2v) is 10.5. The Bertz CT molecular complexity index is 1880. The largest absolute Gasteiger partial charge is 0.494 e. The van der Waals surface area contributed by atoms with Crippen LogP contribution in [0.25, 0.3) is 22.3 Å². The van der Waals surface area contributed by atoms with Gasteiger partial charge in [-0.1, -0.05) is 26.0 Å². The third kappa shape index (κ3) is 6.83. The lowest BCUT2D eigenvalue weighted by Crippen LogP contribution is -2.21. The Morgan fingerprint density at radius 2 is 1.75 bits per heavy atom. The van der Waals surface area contributed by atoms with Gasteiger partial charge < -0.3 is 14.8 Å². The van der Waals surface area contributed by atoms with Gasteiger partial charge in [0.1, 0.15) is 17.3 Å². The maximum absolute atomic E-state index is 13.7. The molecule has 0 aliphatic heterocycles. The molecule has 0 saturated carbocycles. The van der Waals surface area contributed by atoms with Gasteiger partial charge in [-0.2, -0.15) is 9.78 Å². The zero-order valence-electron chi connectivity index (χ0n) is 25.0. The van der Waals surface area contributed by atoms with Crippen LogP contribution in [0, 0.1) is 12.7 Å². The molecule has 224 valence electrons. The number of halogens is 1. The maximum Gasteiger partial charge on any atom is 0.282 e. The standard InChI is InChI=1S/C35H33FN4O4/c1-5-43-32-18-23(4)30(19-29(32)22(2)3)34-39-31-9-7-6-8-28(31)35(42)40(34)37-20-24-10-16-27(17-11-24)44-21-33(41)38-26-14-12-25(36)13-15-26/h6-20,22H,5,21H2,1-4H3,(H,38,41). The summed E-state index contributed by atoms with van der Waals surface area (Å²) in [4.78, 5) is 30.8. The predicted molar refractivity (Wildman–Crippen MR) is 171 cm³/mol. The van der Waals surface area contributed by atoms with Crippen LogP contribution in [0.2, 0.25) is 0 Å². The topological polar surface area (TPSA) is 94.8 Å². The van der Waals surface area contributed by atoms with Crippen LogP contribution in [0.4, 0.5) is 10.1 Å². The lowest BCUT2D eigenvalue weighted by Gasteiger charge is -2.18. The molecule has 44 heavy (non-hydrogen) atoms. The number of aromatic nitrogens is 2. The molecule has 0 fully saturated rings. The Kier molecular flexibility index (Phi) is 9.14. The van der Waals surface area contributed by atoms with Crippen molar-refractivity contribution < 1.29 is 18.7 Å². The van der Waals surface area contributed by atoms with Crippen molar-refractivity contribution in [2.45, 2.75) is 33.6 Å². The average molecular weight is 593 g/mol. The van der Waals surface area contributed by atoms with E-state index in [0.29, 0.717) is 40.3 Å². The fraction of sp³-hybridized carbons (Fsp3) is 0.200. The number of rotatable bonds is 10. The van der Waals surface area contributed by atoms with E-state index >= 15 is 0 Å². The Balaban J connectivity index is 1.42. The fourth-order valence-corrected chi connectivity index (χ4v) is 4.73. The maximum atomic E-state index is 13.7. The van der Waals surface area contributed by atoms with E-state index in [9.17, 15) is 14.0 Å². The number of anilines is 1. The summed E-state index contributed by atoms with van der Waals surface area (Å²) in [6, 6.07) is 23.7. The van der Waals surface area contributed by atoms with E-state index in [4.69, 9.17) is 14.5 Å². The average Bonchev–Trinajstić information content (AvgIpc) is 3.01. The highest BCUT2D eigenvalue weighted by Crippen LogP contribution is 2.34. The van der Waals surface area contributed by atoms with E-state index in [2.05, 4.69) is 24.3 Å². The summed E-state index contributed by atoms with van der Waals surface area (Å²) in [5.41, 5.74) is 4.22. The number of amides is 1. The second-order valence-electron chi connectivity index (χ2n) is 10.5. The first kappa shape index (κ1) is 30.2. The van der Waals surface area contributed by atoms with Gasteiger partial charge in [0.25, 0.3) is 11.5 Å². The Morgan fingerprint density at radius 3 is 2.45 bits per heavy atom. The van der Waals surface area contributed by atoms with Crippen LogP contribution >= 0.6 is 0 Å².